The number of carbonyl (C=O) groups is 2. The number of nitrogens with one attached hydrogen (secondary N) is 2. The molecular formula is C21H22BrN3O7. The summed E-state index contributed by atoms with van der Waals surface area (Å²) in [4.78, 5) is 29.3. The lowest BCUT2D eigenvalue weighted by molar-refractivity contribution is -0.141. The third-order valence-electron chi connectivity index (χ3n) is 5.26. The molecule has 0 spiro atoms. The van der Waals surface area contributed by atoms with Crippen molar-refractivity contribution in [1.29, 1.82) is 0 Å². The largest absolute Gasteiger partial charge is 0.448 e. The summed E-state index contributed by atoms with van der Waals surface area (Å²) in [6.07, 6.45) is -4.49. The Morgan fingerprint density at radius 2 is 1.91 bits per heavy atom. The first-order valence-electron chi connectivity index (χ1n) is 9.93. The summed E-state index contributed by atoms with van der Waals surface area (Å²) in [6, 6.07) is 11.2. The van der Waals surface area contributed by atoms with Gasteiger partial charge < -0.3 is 39.7 Å². The van der Waals surface area contributed by atoms with Gasteiger partial charge in [0.1, 0.15) is 0 Å². The van der Waals surface area contributed by atoms with Crippen molar-refractivity contribution in [1.82, 2.24) is 15.2 Å². The highest BCUT2D eigenvalue weighted by molar-refractivity contribution is 9.10. The standard InChI is InChI=1S/C21H22BrN3O7/c22-17-7-12-16(31-17)8-18(23-12)32-21(30)24-13(6-11-4-2-1-3-5-11)19(28)20(29)25-9-14(26)15(27)10-25/h1-5,7-8,13-15,19,23,26-28H,6,9-10H2,(H,24,30)/t13-,14-,15+,19+/m0/s1. The van der Waals surface area contributed by atoms with E-state index in [0.717, 1.165) is 5.56 Å². The first-order chi connectivity index (χ1) is 15.3. The van der Waals surface area contributed by atoms with Gasteiger partial charge in [-0.15, -0.1) is 0 Å². The summed E-state index contributed by atoms with van der Waals surface area (Å²) < 4.78 is 11.2. The van der Waals surface area contributed by atoms with E-state index in [1.165, 1.54) is 11.0 Å². The lowest BCUT2D eigenvalue weighted by atomic mass is 10.0. The molecule has 1 aromatic carbocycles. The Morgan fingerprint density at radius 1 is 1.22 bits per heavy atom. The Morgan fingerprint density at radius 3 is 2.56 bits per heavy atom. The zero-order chi connectivity index (χ0) is 22.8. The number of hydrogen-bond acceptors (Lipinski definition) is 7. The second kappa shape index (κ2) is 9.33. The van der Waals surface area contributed by atoms with E-state index in [-0.39, 0.29) is 25.4 Å². The van der Waals surface area contributed by atoms with Crippen LogP contribution >= 0.6 is 15.9 Å². The molecule has 4 rings (SSSR count). The maximum atomic E-state index is 12.8. The van der Waals surface area contributed by atoms with Crippen LogP contribution in [0.3, 0.4) is 0 Å². The van der Waals surface area contributed by atoms with Crippen molar-refractivity contribution in [3.63, 3.8) is 0 Å². The number of H-pyrrole nitrogens is 1. The smallest absolute Gasteiger partial charge is 0.414 e. The summed E-state index contributed by atoms with van der Waals surface area (Å²) in [6.45, 7) is -0.201. The summed E-state index contributed by atoms with van der Waals surface area (Å²) >= 11 is 3.21. The van der Waals surface area contributed by atoms with E-state index in [1.807, 2.05) is 6.07 Å². The summed E-state index contributed by atoms with van der Waals surface area (Å²) in [5.74, 6) is -0.571. The maximum absolute atomic E-state index is 12.8. The van der Waals surface area contributed by atoms with Crippen molar-refractivity contribution in [2.24, 2.45) is 0 Å². The van der Waals surface area contributed by atoms with Gasteiger partial charge in [0.15, 0.2) is 16.4 Å². The number of ether oxygens (including phenoxy) is 1. The van der Waals surface area contributed by atoms with Gasteiger partial charge in [0, 0.05) is 25.2 Å². The fourth-order valence-electron chi connectivity index (χ4n) is 3.62. The average molecular weight is 508 g/mol. The zero-order valence-electron chi connectivity index (χ0n) is 16.8. The number of aromatic amines is 1. The number of amides is 2. The highest BCUT2D eigenvalue weighted by Crippen LogP contribution is 2.27. The Kier molecular flexibility index (Phi) is 6.51. The number of aliphatic hydroxyl groups is 3. The monoisotopic (exact) mass is 507 g/mol. The fourth-order valence-corrected chi connectivity index (χ4v) is 4.02. The molecule has 0 unspecified atom stereocenters. The van der Waals surface area contributed by atoms with Gasteiger partial charge in [-0.2, -0.15) is 0 Å². The summed E-state index contributed by atoms with van der Waals surface area (Å²) in [7, 11) is 0. The van der Waals surface area contributed by atoms with Crippen LogP contribution < -0.4 is 10.1 Å². The predicted octanol–water partition coefficient (Wildman–Crippen LogP) is 1.15. The average Bonchev–Trinajstić information content (AvgIpc) is 3.39. The van der Waals surface area contributed by atoms with Gasteiger partial charge in [-0.3, -0.25) is 4.79 Å². The first kappa shape index (κ1) is 22.3. The van der Waals surface area contributed by atoms with Crippen molar-refractivity contribution < 1.29 is 34.1 Å². The SMILES string of the molecule is O=C(N[C@@H](Cc1ccccc1)[C@@H](O)C(=O)N1C[C@@H](O)[C@@H](O)C1)Oc1cc2oc(Br)cc2[nH]1. The molecule has 0 radical (unpaired) electrons. The molecule has 0 saturated carbocycles. The van der Waals surface area contributed by atoms with Crippen LogP contribution in [0.15, 0.2) is 51.6 Å². The first-order valence-corrected chi connectivity index (χ1v) is 10.7. The molecule has 0 bridgehead atoms. The molecule has 1 aliphatic heterocycles. The van der Waals surface area contributed by atoms with Crippen molar-refractivity contribution in [2.45, 2.75) is 30.8 Å². The number of nitrogens with zero attached hydrogens (tertiary/aromatic N) is 1. The highest BCUT2D eigenvalue weighted by Gasteiger charge is 2.38. The molecule has 32 heavy (non-hydrogen) atoms. The number of carbonyl (C=O) groups excluding carboxylic acids is 2. The lowest BCUT2D eigenvalue weighted by Crippen LogP contribution is -2.53. The van der Waals surface area contributed by atoms with Gasteiger partial charge in [0.25, 0.3) is 5.91 Å². The number of hydrogen-bond donors (Lipinski definition) is 5. The Balaban J connectivity index is 1.47. The second-order valence-corrected chi connectivity index (χ2v) is 8.40. The van der Waals surface area contributed by atoms with Crippen LogP contribution in [0.25, 0.3) is 11.1 Å². The fraction of sp³-hybridized carbons (Fsp3) is 0.333. The molecule has 11 heteroatoms. The van der Waals surface area contributed by atoms with E-state index in [1.54, 1.807) is 30.3 Å². The van der Waals surface area contributed by atoms with Crippen LogP contribution in [-0.2, 0) is 11.2 Å². The van der Waals surface area contributed by atoms with Gasteiger partial charge in [0.05, 0.1) is 23.8 Å². The molecule has 1 saturated heterocycles. The van der Waals surface area contributed by atoms with Crippen LogP contribution in [0, 0.1) is 0 Å². The molecule has 2 aromatic heterocycles. The lowest BCUT2D eigenvalue weighted by Gasteiger charge is -2.26. The molecule has 5 N–H and O–H groups in total. The summed E-state index contributed by atoms with van der Waals surface area (Å²) in [5.41, 5.74) is 1.90. The van der Waals surface area contributed by atoms with Gasteiger partial charge >= 0.3 is 6.09 Å². The molecule has 1 fully saturated rings. The van der Waals surface area contributed by atoms with Crippen LogP contribution in [-0.4, -0.2) is 74.6 Å². The van der Waals surface area contributed by atoms with Crippen LogP contribution in [0.5, 0.6) is 5.88 Å². The van der Waals surface area contributed by atoms with Crippen LogP contribution in [0.2, 0.25) is 0 Å². The highest BCUT2D eigenvalue weighted by atomic mass is 79.9. The minimum atomic E-state index is -1.61. The molecule has 0 aliphatic carbocycles. The minimum absolute atomic E-state index is 0.101. The third kappa shape index (κ3) is 4.96. The Hall–Kier alpha value is -2.86. The number of fused-ring (bicyclic) bond motifs is 1. The number of furan rings is 1. The number of aromatic nitrogens is 1. The molecular weight excluding hydrogens is 486 g/mol. The molecule has 1 aliphatic rings. The van der Waals surface area contributed by atoms with Crippen molar-refractivity contribution in [2.75, 3.05) is 13.1 Å². The van der Waals surface area contributed by atoms with E-state index in [4.69, 9.17) is 9.15 Å². The maximum Gasteiger partial charge on any atom is 0.414 e. The molecule has 2 amide bonds. The normalized spacial score (nSPS) is 20.3. The number of likely N-dealkylation sites (tertiary alicyclic amines) is 1. The van der Waals surface area contributed by atoms with E-state index in [0.29, 0.717) is 15.8 Å². The topological polar surface area (TPSA) is 148 Å². The molecule has 3 aromatic rings. The van der Waals surface area contributed by atoms with Crippen molar-refractivity contribution in [3.8, 4) is 5.88 Å². The minimum Gasteiger partial charge on any atom is -0.448 e. The third-order valence-corrected chi connectivity index (χ3v) is 5.65. The second-order valence-electron chi connectivity index (χ2n) is 7.61. The van der Waals surface area contributed by atoms with Crippen LogP contribution in [0.4, 0.5) is 4.79 Å². The van der Waals surface area contributed by atoms with Gasteiger partial charge in [-0.1, -0.05) is 30.3 Å². The molecule has 10 nitrogen and oxygen atoms in total. The molecule has 170 valence electrons. The zero-order valence-corrected chi connectivity index (χ0v) is 18.4. The Bertz CT molecular complexity index is 1060. The van der Waals surface area contributed by atoms with Crippen LogP contribution in [0.1, 0.15) is 5.56 Å². The number of benzene rings is 1. The van der Waals surface area contributed by atoms with E-state index < -0.39 is 36.4 Å². The van der Waals surface area contributed by atoms with E-state index >= 15 is 0 Å². The van der Waals surface area contributed by atoms with Crippen molar-refractivity contribution in [3.05, 3.63) is 52.7 Å². The molecule has 3 heterocycles. The van der Waals surface area contributed by atoms with E-state index in [9.17, 15) is 24.9 Å². The number of halogens is 1. The number of β-amino-alcohol motifs (C(OH)–C–C–N with tert-alkyl or cyclic N) is 2. The summed E-state index contributed by atoms with van der Waals surface area (Å²) in [5, 5.41) is 32.7. The number of rotatable bonds is 6. The van der Waals surface area contributed by atoms with Crippen molar-refractivity contribution >= 4 is 39.0 Å². The van der Waals surface area contributed by atoms with Gasteiger partial charge in [-0.25, -0.2) is 4.79 Å². The number of aliphatic hydroxyl groups excluding tert-OH is 3. The quantitative estimate of drug-likeness (QED) is 0.336. The van der Waals surface area contributed by atoms with E-state index in [2.05, 4.69) is 26.2 Å². The van der Waals surface area contributed by atoms with Gasteiger partial charge in [0.2, 0.25) is 5.88 Å². The molecule has 4 atom stereocenters. The predicted molar refractivity (Wildman–Crippen MR) is 116 cm³/mol. The van der Waals surface area contributed by atoms with Gasteiger partial charge in [-0.05, 0) is 27.9 Å². The Labute approximate surface area is 190 Å².